The Hall–Kier alpha value is -4.01. The summed E-state index contributed by atoms with van der Waals surface area (Å²) < 4.78 is 54.7. The summed E-state index contributed by atoms with van der Waals surface area (Å²) in [6, 6.07) is 16.6. The van der Waals surface area contributed by atoms with Crippen LogP contribution in [-0.4, -0.2) is 25.1 Å². The monoisotopic (exact) mass is 485 g/mol. The number of nitrogens with zero attached hydrogens (tertiary/aromatic N) is 1. The van der Waals surface area contributed by atoms with E-state index in [2.05, 4.69) is 0 Å². The van der Waals surface area contributed by atoms with Crippen LogP contribution >= 0.6 is 0 Å². The molecule has 35 heavy (non-hydrogen) atoms. The lowest BCUT2D eigenvalue weighted by molar-refractivity contribution is -0.145. The molecule has 3 aromatic rings. The summed E-state index contributed by atoms with van der Waals surface area (Å²) in [6.45, 7) is 2.25. The van der Waals surface area contributed by atoms with E-state index in [0.29, 0.717) is 28.3 Å². The van der Waals surface area contributed by atoms with Crippen LogP contribution in [0.2, 0.25) is 0 Å². The highest BCUT2D eigenvalue weighted by atomic mass is 19.4. The number of rotatable bonds is 8. The van der Waals surface area contributed by atoms with Crippen molar-refractivity contribution in [3.63, 3.8) is 0 Å². The molecule has 182 valence electrons. The van der Waals surface area contributed by atoms with Crippen LogP contribution in [0.25, 0.3) is 0 Å². The van der Waals surface area contributed by atoms with Gasteiger partial charge in [0.15, 0.2) is 6.61 Å². The number of benzene rings is 3. The van der Waals surface area contributed by atoms with Gasteiger partial charge in [-0.3, -0.25) is 4.79 Å². The van der Waals surface area contributed by atoms with Crippen molar-refractivity contribution in [3.05, 3.63) is 89.0 Å². The summed E-state index contributed by atoms with van der Waals surface area (Å²) in [5.74, 6) is 0.291. The zero-order valence-electron chi connectivity index (χ0n) is 18.8. The molecule has 0 bridgehead atoms. The first-order valence-electron chi connectivity index (χ1n) is 10.9. The number of hydrogen-bond acceptors (Lipinski definition) is 5. The molecule has 4 rings (SSSR count). The molecule has 0 N–H and O–H groups in total. The van der Waals surface area contributed by atoms with Crippen LogP contribution in [0.1, 0.15) is 34.0 Å². The third kappa shape index (κ3) is 5.56. The van der Waals surface area contributed by atoms with Crippen LogP contribution in [0.3, 0.4) is 0 Å². The average Bonchev–Trinajstić information content (AvgIpc) is 3.19. The SMILES string of the molecule is CCOC(=O)COc1ccc(COc2cccc3c2CN(c2ccc(C(F)(F)F)cc2)C3=O)cc1. The molecule has 1 aliphatic heterocycles. The molecule has 0 unspecified atom stereocenters. The summed E-state index contributed by atoms with van der Waals surface area (Å²) in [5, 5.41) is 0. The number of fused-ring (bicyclic) bond motifs is 1. The molecular weight excluding hydrogens is 463 g/mol. The van der Waals surface area contributed by atoms with Crippen molar-refractivity contribution in [2.75, 3.05) is 18.1 Å². The molecule has 6 nitrogen and oxygen atoms in total. The van der Waals surface area contributed by atoms with Crippen molar-refractivity contribution >= 4 is 17.6 Å². The van der Waals surface area contributed by atoms with Gasteiger partial charge in [0.25, 0.3) is 5.91 Å². The maximum atomic E-state index is 12.9. The van der Waals surface area contributed by atoms with Crippen molar-refractivity contribution < 1.29 is 37.0 Å². The number of alkyl halides is 3. The maximum absolute atomic E-state index is 12.9. The number of anilines is 1. The fourth-order valence-electron chi connectivity index (χ4n) is 3.67. The lowest BCUT2D eigenvalue weighted by Crippen LogP contribution is -2.23. The molecular formula is C26H22F3NO5. The Bertz CT molecular complexity index is 1210. The Morgan fingerprint density at radius 1 is 0.971 bits per heavy atom. The number of carbonyl (C=O) groups is 2. The zero-order valence-corrected chi connectivity index (χ0v) is 18.8. The molecule has 1 amide bonds. The van der Waals surface area contributed by atoms with E-state index in [1.807, 2.05) is 0 Å². The molecule has 0 aromatic heterocycles. The van der Waals surface area contributed by atoms with Crippen molar-refractivity contribution in [2.24, 2.45) is 0 Å². The normalized spacial score (nSPS) is 12.9. The van der Waals surface area contributed by atoms with Crippen LogP contribution in [0.5, 0.6) is 11.5 Å². The predicted octanol–water partition coefficient (Wildman–Crippen LogP) is 5.39. The molecule has 0 aliphatic carbocycles. The second kappa shape index (κ2) is 10.1. The smallest absolute Gasteiger partial charge is 0.416 e. The Balaban J connectivity index is 1.41. The number of halogens is 3. The van der Waals surface area contributed by atoms with E-state index in [1.54, 1.807) is 49.4 Å². The van der Waals surface area contributed by atoms with Crippen molar-refractivity contribution in [3.8, 4) is 11.5 Å². The first kappa shape index (κ1) is 24.1. The van der Waals surface area contributed by atoms with E-state index in [9.17, 15) is 22.8 Å². The molecule has 9 heteroatoms. The zero-order chi connectivity index (χ0) is 25.0. The van der Waals surface area contributed by atoms with Gasteiger partial charge in [0.1, 0.15) is 18.1 Å². The predicted molar refractivity (Wildman–Crippen MR) is 121 cm³/mol. The molecule has 0 atom stereocenters. The van der Waals surface area contributed by atoms with Gasteiger partial charge in [-0.15, -0.1) is 0 Å². The van der Waals surface area contributed by atoms with Gasteiger partial charge in [-0.25, -0.2) is 4.79 Å². The first-order chi connectivity index (χ1) is 16.8. The number of ether oxygens (including phenoxy) is 3. The van der Waals surface area contributed by atoms with Crippen LogP contribution in [0.4, 0.5) is 18.9 Å². The molecule has 0 radical (unpaired) electrons. The highest BCUT2D eigenvalue weighted by molar-refractivity contribution is 6.10. The number of amides is 1. The summed E-state index contributed by atoms with van der Waals surface area (Å²) in [6.07, 6.45) is -4.44. The fraction of sp³-hybridized carbons (Fsp3) is 0.231. The van der Waals surface area contributed by atoms with Gasteiger partial charge in [-0.1, -0.05) is 18.2 Å². The third-order valence-electron chi connectivity index (χ3n) is 5.41. The van der Waals surface area contributed by atoms with E-state index in [1.165, 1.54) is 17.0 Å². The molecule has 1 aliphatic rings. The van der Waals surface area contributed by atoms with Gasteiger partial charge < -0.3 is 19.1 Å². The number of hydrogen-bond donors (Lipinski definition) is 0. The third-order valence-corrected chi connectivity index (χ3v) is 5.41. The number of esters is 1. The van der Waals surface area contributed by atoms with Gasteiger partial charge in [-0.05, 0) is 61.0 Å². The minimum atomic E-state index is -4.44. The topological polar surface area (TPSA) is 65.1 Å². The van der Waals surface area contributed by atoms with Crippen molar-refractivity contribution in [1.82, 2.24) is 0 Å². The molecule has 3 aromatic carbocycles. The second-order valence-electron chi connectivity index (χ2n) is 7.74. The summed E-state index contributed by atoms with van der Waals surface area (Å²) >= 11 is 0. The van der Waals surface area contributed by atoms with Crippen LogP contribution in [0.15, 0.2) is 66.7 Å². The fourth-order valence-corrected chi connectivity index (χ4v) is 3.67. The highest BCUT2D eigenvalue weighted by Gasteiger charge is 2.33. The van der Waals surface area contributed by atoms with Gasteiger partial charge in [0, 0.05) is 16.8 Å². The minimum absolute atomic E-state index is 0.177. The Morgan fingerprint density at radius 2 is 1.69 bits per heavy atom. The standard InChI is InChI=1S/C26H22F3NO5/c1-2-33-24(31)16-34-20-12-6-17(7-13-20)15-35-23-5-3-4-21-22(23)14-30(25(21)32)19-10-8-18(9-11-19)26(27,28)29/h3-13H,2,14-16H2,1H3. The Kier molecular flexibility index (Phi) is 6.95. The highest BCUT2D eigenvalue weighted by Crippen LogP contribution is 2.36. The average molecular weight is 485 g/mol. The van der Waals surface area contributed by atoms with Crippen LogP contribution in [-0.2, 0) is 28.9 Å². The second-order valence-corrected chi connectivity index (χ2v) is 7.74. The number of carbonyl (C=O) groups excluding carboxylic acids is 2. The summed E-state index contributed by atoms with van der Waals surface area (Å²) in [5.41, 5.74) is 1.57. The van der Waals surface area contributed by atoms with Crippen molar-refractivity contribution in [2.45, 2.75) is 26.3 Å². The van der Waals surface area contributed by atoms with Gasteiger partial charge in [0.2, 0.25) is 0 Å². The van der Waals surface area contributed by atoms with Gasteiger partial charge in [0.05, 0.1) is 18.7 Å². The van der Waals surface area contributed by atoms with E-state index in [-0.39, 0.29) is 32.3 Å². The van der Waals surface area contributed by atoms with Gasteiger partial charge >= 0.3 is 12.1 Å². The largest absolute Gasteiger partial charge is 0.489 e. The summed E-state index contributed by atoms with van der Waals surface area (Å²) in [4.78, 5) is 25.7. The van der Waals surface area contributed by atoms with Gasteiger partial charge in [-0.2, -0.15) is 13.2 Å². The molecule has 0 spiro atoms. The lowest BCUT2D eigenvalue weighted by Gasteiger charge is -2.17. The lowest BCUT2D eigenvalue weighted by atomic mass is 10.1. The van der Waals surface area contributed by atoms with E-state index >= 15 is 0 Å². The van der Waals surface area contributed by atoms with E-state index in [4.69, 9.17) is 14.2 Å². The van der Waals surface area contributed by atoms with Crippen molar-refractivity contribution in [1.29, 1.82) is 0 Å². The molecule has 1 heterocycles. The quantitative estimate of drug-likeness (QED) is 0.401. The molecule has 0 saturated heterocycles. The minimum Gasteiger partial charge on any atom is -0.489 e. The maximum Gasteiger partial charge on any atom is 0.416 e. The van der Waals surface area contributed by atoms with E-state index in [0.717, 1.165) is 17.7 Å². The summed E-state index contributed by atoms with van der Waals surface area (Å²) in [7, 11) is 0. The molecule has 0 fully saturated rings. The van der Waals surface area contributed by atoms with E-state index < -0.39 is 17.7 Å². The van der Waals surface area contributed by atoms with Crippen LogP contribution in [0, 0.1) is 0 Å². The van der Waals surface area contributed by atoms with Crippen LogP contribution < -0.4 is 14.4 Å². The Labute approximate surface area is 199 Å². The first-order valence-corrected chi connectivity index (χ1v) is 10.9. The Morgan fingerprint density at radius 3 is 2.34 bits per heavy atom. The molecule has 0 saturated carbocycles.